The number of aliphatic hydroxyl groups is 1. The fourth-order valence-electron chi connectivity index (χ4n) is 0. The van der Waals surface area contributed by atoms with Crippen molar-refractivity contribution < 1.29 is 5.11 Å². The lowest BCUT2D eigenvalue weighted by Crippen LogP contribution is -2.41. The quantitative estimate of drug-likeness (QED) is 0.378. The summed E-state index contributed by atoms with van der Waals surface area (Å²) in [4.78, 5) is 0.410. The zero-order valence-corrected chi connectivity index (χ0v) is 5.25. The molecule has 3 heteroatoms. The van der Waals surface area contributed by atoms with Crippen LogP contribution in [0, 0.1) is 0 Å². The molecule has 0 aliphatic carbocycles. The van der Waals surface area contributed by atoms with Crippen molar-refractivity contribution in [1.29, 1.82) is 0 Å². The first-order chi connectivity index (χ1) is 2.94. The Hall–Kier alpha value is 0.0100. The molecule has 42 valence electrons. The summed E-state index contributed by atoms with van der Waals surface area (Å²) in [6, 6.07) is 0. The first kappa shape index (κ1) is 7.01. The Morgan fingerprint density at radius 1 is 1.86 bits per heavy atom. The summed E-state index contributed by atoms with van der Waals surface area (Å²) >= 11 is 4.56. The molecule has 3 N–H and O–H groups in total. The van der Waals surface area contributed by atoms with E-state index in [9.17, 15) is 0 Å². The molecule has 0 spiro atoms. The molecule has 0 aromatic rings. The highest BCUT2D eigenvalue weighted by Gasteiger charge is 2.13. The molecule has 0 heterocycles. The molecule has 0 radical (unpaired) electrons. The Balaban J connectivity index is 3.79. The molecule has 1 unspecified atom stereocenters. The fraction of sp³-hybridized carbons (Fsp3) is 0.750. The average Bonchev–Trinajstić information content (AvgIpc) is 1.31. The highest BCUT2D eigenvalue weighted by molar-refractivity contribution is 7.80. The molecule has 7 heavy (non-hydrogen) atoms. The Morgan fingerprint density at radius 2 is 2.00 bits per heavy atom. The van der Waals surface area contributed by atoms with Crippen LogP contribution in [0.25, 0.3) is 0 Å². The summed E-state index contributed by atoms with van der Waals surface area (Å²) in [5, 5.41) is 8.73. The van der Waals surface area contributed by atoms with E-state index in [1.807, 2.05) is 0 Å². The number of nitrogens with two attached hydrogens (primary N) is 1. The van der Waals surface area contributed by atoms with Crippen molar-refractivity contribution in [3.05, 3.63) is 0 Å². The van der Waals surface area contributed by atoms with Gasteiger partial charge in [0, 0.05) is 4.86 Å². The van der Waals surface area contributed by atoms with Gasteiger partial charge in [0.1, 0.15) is 5.72 Å². The van der Waals surface area contributed by atoms with Crippen molar-refractivity contribution in [3.8, 4) is 0 Å². The maximum Gasteiger partial charge on any atom is 0.142 e. The van der Waals surface area contributed by atoms with Crippen LogP contribution in [0.5, 0.6) is 0 Å². The van der Waals surface area contributed by atoms with Gasteiger partial charge in [0.05, 0.1) is 0 Å². The van der Waals surface area contributed by atoms with Gasteiger partial charge in [-0.25, -0.2) is 0 Å². The van der Waals surface area contributed by atoms with Gasteiger partial charge >= 0.3 is 0 Å². The van der Waals surface area contributed by atoms with Crippen LogP contribution in [0.2, 0.25) is 0 Å². The molecule has 1 atom stereocenters. The molecular weight excluding hydrogens is 110 g/mol. The fourth-order valence-corrected chi connectivity index (χ4v) is 0. The lowest BCUT2D eigenvalue weighted by molar-refractivity contribution is 0.143. The molecule has 0 aliphatic heterocycles. The molecule has 0 rings (SSSR count). The van der Waals surface area contributed by atoms with E-state index >= 15 is 0 Å². The van der Waals surface area contributed by atoms with Gasteiger partial charge in [-0.15, -0.1) is 0 Å². The van der Waals surface area contributed by atoms with Gasteiger partial charge in [-0.2, -0.15) is 0 Å². The second-order valence-electron chi connectivity index (χ2n) is 1.70. The molecule has 0 aromatic heterocycles. The van der Waals surface area contributed by atoms with E-state index in [0.29, 0.717) is 4.86 Å². The average molecular weight is 119 g/mol. The minimum Gasteiger partial charge on any atom is -0.372 e. The highest BCUT2D eigenvalue weighted by Crippen LogP contribution is 1.94. The van der Waals surface area contributed by atoms with Gasteiger partial charge in [-0.1, -0.05) is 12.2 Å². The molecular formula is C4H9NOS. The SMILES string of the molecule is CC(=S)C(C)(N)O. The number of hydrogen-bond acceptors (Lipinski definition) is 3. The highest BCUT2D eigenvalue weighted by atomic mass is 32.1. The smallest absolute Gasteiger partial charge is 0.142 e. The van der Waals surface area contributed by atoms with Gasteiger partial charge in [-0.3, -0.25) is 5.73 Å². The summed E-state index contributed by atoms with van der Waals surface area (Å²) in [5.74, 6) is 0. The van der Waals surface area contributed by atoms with Crippen LogP contribution in [0.15, 0.2) is 0 Å². The molecule has 2 nitrogen and oxygen atoms in total. The van der Waals surface area contributed by atoms with E-state index in [2.05, 4.69) is 12.2 Å². The number of hydrogen-bond donors (Lipinski definition) is 2. The summed E-state index contributed by atoms with van der Waals surface area (Å²) in [6.45, 7) is 3.06. The normalized spacial score (nSPS) is 18.3. The maximum atomic E-state index is 8.73. The predicted molar refractivity (Wildman–Crippen MR) is 33.1 cm³/mol. The van der Waals surface area contributed by atoms with E-state index < -0.39 is 5.72 Å². The van der Waals surface area contributed by atoms with Crippen LogP contribution in [-0.2, 0) is 0 Å². The van der Waals surface area contributed by atoms with Crippen LogP contribution < -0.4 is 5.73 Å². The molecule has 0 fully saturated rings. The van der Waals surface area contributed by atoms with Gasteiger partial charge < -0.3 is 5.11 Å². The monoisotopic (exact) mass is 119 g/mol. The van der Waals surface area contributed by atoms with Crippen LogP contribution in [0.3, 0.4) is 0 Å². The lowest BCUT2D eigenvalue weighted by Gasteiger charge is -2.13. The molecule has 0 aromatic carbocycles. The van der Waals surface area contributed by atoms with Crippen molar-refractivity contribution >= 4 is 17.1 Å². The third-order valence-electron chi connectivity index (χ3n) is 0.713. The topological polar surface area (TPSA) is 46.2 Å². The predicted octanol–water partition coefficient (Wildman–Crippen LogP) is 0.0434. The van der Waals surface area contributed by atoms with Crippen LogP contribution in [-0.4, -0.2) is 15.7 Å². The van der Waals surface area contributed by atoms with Crippen LogP contribution >= 0.6 is 12.2 Å². The summed E-state index contributed by atoms with van der Waals surface area (Å²) in [7, 11) is 0. The van der Waals surface area contributed by atoms with Crippen molar-refractivity contribution in [1.82, 2.24) is 0 Å². The summed E-state index contributed by atoms with van der Waals surface area (Å²) in [6.07, 6.45) is 0. The Labute approximate surface area is 48.3 Å². The standard InChI is InChI=1S/C4H9NOS/c1-3(7)4(2,5)6/h6H,5H2,1-2H3. The minimum atomic E-state index is -1.27. The van der Waals surface area contributed by atoms with E-state index in [1.54, 1.807) is 6.92 Å². The Kier molecular flexibility index (Phi) is 1.86. The Bertz CT molecular complexity index is 84.2. The third-order valence-corrected chi connectivity index (χ3v) is 1.13. The second-order valence-corrected chi connectivity index (χ2v) is 2.32. The first-order valence-corrected chi connectivity index (χ1v) is 2.37. The molecule has 0 saturated carbocycles. The van der Waals surface area contributed by atoms with E-state index in [4.69, 9.17) is 10.8 Å². The zero-order chi connectivity index (χ0) is 6.08. The molecule has 0 bridgehead atoms. The molecule has 0 saturated heterocycles. The molecule has 0 amide bonds. The zero-order valence-electron chi connectivity index (χ0n) is 4.43. The van der Waals surface area contributed by atoms with Crippen LogP contribution in [0.1, 0.15) is 13.8 Å². The summed E-state index contributed by atoms with van der Waals surface area (Å²) < 4.78 is 0. The number of thiocarbonyl (C=S) groups is 1. The van der Waals surface area contributed by atoms with Gasteiger partial charge in [0.2, 0.25) is 0 Å². The maximum absolute atomic E-state index is 8.73. The van der Waals surface area contributed by atoms with E-state index in [0.717, 1.165) is 0 Å². The minimum absolute atomic E-state index is 0.410. The Morgan fingerprint density at radius 3 is 2.00 bits per heavy atom. The van der Waals surface area contributed by atoms with Crippen molar-refractivity contribution in [2.75, 3.05) is 0 Å². The summed E-state index contributed by atoms with van der Waals surface area (Å²) in [5.41, 5.74) is 3.82. The lowest BCUT2D eigenvalue weighted by atomic mass is 10.2. The first-order valence-electron chi connectivity index (χ1n) is 1.97. The van der Waals surface area contributed by atoms with Gasteiger partial charge in [0.25, 0.3) is 0 Å². The van der Waals surface area contributed by atoms with Gasteiger partial charge in [0.15, 0.2) is 0 Å². The largest absolute Gasteiger partial charge is 0.372 e. The number of rotatable bonds is 1. The van der Waals surface area contributed by atoms with E-state index in [1.165, 1.54) is 6.92 Å². The van der Waals surface area contributed by atoms with Crippen molar-refractivity contribution in [2.45, 2.75) is 19.6 Å². The third kappa shape index (κ3) is 2.68. The van der Waals surface area contributed by atoms with Crippen molar-refractivity contribution in [3.63, 3.8) is 0 Å². The van der Waals surface area contributed by atoms with Crippen LogP contribution in [0.4, 0.5) is 0 Å². The van der Waals surface area contributed by atoms with Crippen molar-refractivity contribution in [2.24, 2.45) is 5.73 Å². The second kappa shape index (κ2) is 1.86. The van der Waals surface area contributed by atoms with Gasteiger partial charge in [-0.05, 0) is 13.8 Å². The van der Waals surface area contributed by atoms with E-state index in [-0.39, 0.29) is 0 Å². The molecule has 0 aliphatic rings.